The fourth-order valence-corrected chi connectivity index (χ4v) is 5.81. The molecule has 3 rings (SSSR count). The first-order chi connectivity index (χ1) is 13.9. The van der Waals surface area contributed by atoms with Crippen molar-refractivity contribution in [1.82, 2.24) is 15.0 Å². The molecule has 3 heterocycles. The van der Waals surface area contributed by atoms with Gasteiger partial charge in [-0.15, -0.1) is 20.5 Å². The summed E-state index contributed by atoms with van der Waals surface area (Å²) in [7, 11) is 0. The van der Waals surface area contributed by atoms with E-state index in [0.717, 1.165) is 21.3 Å². The number of rotatable bonds is 2. The fraction of sp³-hybridized carbons (Fsp3) is 0.818. The van der Waals surface area contributed by atoms with Crippen LogP contribution >= 0.6 is 0 Å². The van der Waals surface area contributed by atoms with Gasteiger partial charge in [0.1, 0.15) is 12.1 Å². The van der Waals surface area contributed by atoms with Crippen molar-refractivity contribution in [3.05, 3.63) is 11.1 Å². The van der Waals surface area contributed by atoms with Crippen LogP contribution in [-0.4, -0.2) is 73.0 Å². The van der Waals surface area contributed by atoms with Gasteiger partial charge in [0.2, 0.25) is 0 Å². The molecule has 1 amide bonds. The van der Waals surface area contributed by atoms with Crippen molar-refractivity contribution < 1.29 is 29.8 Å². The summed E-state index contributed by atoms with van der Waals surface area (Å²) in [6.07, 6.45) is -0.412. The Morgan fingerprint density at radius 2 is 1.35 bits per heavy atom. The average molecular weight is 438 g/mol. The SMILES string of the molecule is CC1(C)CC(OC(=O)N2CC3=C(CC2C(=O)O)C(C)(C)N([O])C3(C)C)CC(C)(C)N1[O]. The van der Waals surface area contributed by atoms with E-state index in [9.17, 15) is 25.1 Å². The zero-order valence-corrected chi connectivity index (χ0v) is 19.8. The summed E-state index contributed by atoms with van der Waals surface area (Å²) in [5.74, 6) is -1.13. The highest BCUT2D eigenvalue weighted by atomic mass is 16.6. The molecule has 3 aliphatic heterocycles. The molecule has 174 valence electrons. The molecule has 31 heavy (non-hydrogen) atoms. The van der Waals surface area contributed by atoms with Crippen molar-refractivity contribution >= 4 is 12.1 Å². The van der Waals surface area contributed by atoms with Gasteiger partial charge in [0.15, 0.2) is 0 Å². The van der Waals surface area contributed by atoms with Crippen LogP contribution in [0.1, 0.15) is 74.7 Å². The number of ether oxygens (including phenoxy) is 1. The molecule has 2 radical (unpaired) electrons. The molecule has 0 aromatic carbocycles. The van der Waals surface area contributed by atoms with E-state index in [4.69, 9.17) is 4.74 Å². The minimum atomic E-state index is -1.13. The Balaban J connectivity index is 1.87. The largest absolute Gasteiger partial charge is 0.480 e. The maximum Gasteiger partial charge on any atom is 0.411 e. The van der Waals surface area contributed by atoms with Gasteiger partial charge in [0.25, 0.3) is 0 Å². The van der Waals surface area contributed by atoms with Gasteiger partial charge in [-0.3, -0.25) is 4.90 Å². The van der Waals surface area contributed by atoms with E-state index in [0.29, 0.717) is 12.8 Å². The van der Waals surface area contributed by atoms with E-state index in [-0.39, 0.29) is 13.0 Å². The van der Waals surface area contributed by atoms with Crippen LogP contribution in [0.15, 0.2) is 11.1 Å². The van der Waals surface area contributed by atoms with Crippen LogP contribution in [-0.2, 0) is 19.9 Å². The molecule has 0 saturated carbocycles. The number of hydrogen-bond donors (Lipinski definition) is 1. The third-order valence-electron chi connectivity index (χ3n) is 7.30. The first-order valence-electron chi connectivity index (χ1n) is 10.8. The van der Waals surface area contributed by atoms with E-state index < -0.39 is 46.4 Å². The van der Waals surface area contributed by atoms with Gasteiger partial charge in [-0.1, -0.05) is 0 Å². The first kappa shape index (κ1) is 24.0. The Bertz CT molecular complexity index is 798. The van der Waals surface area contributed by atoms with Crippen molar-refractivity contribution in [2.45, 2.75) is 109 Å². The number of carbonyl (C=O) groups excluding carboxylic acids is 1. The molecule has 0 bridgehead atoms. The normalized spacial score (nSPS) is 30.3. The topological polar surface area (TPSA) is 113 Å². The summed E-state index contributed by atoms with van der Waals surface area (Å²) in [6, 6.07) is -1.10. The second-order valence-electron chi connectivity index (χ2n) is 11.4. The molecule has 0 spiro atoms. The number of carboxylic acid groups (broad SMARTS) is 1. The van der Waals surface area contributed by atoms with E-state index in [2.05, 4.69) is 0 Å². The lowest BCUT2D eigenvalue weighted by Crippen LogP contribution is -2.60. The molecular formula is C22H35N3O6. The van der Waals surface area contributed by atoms with Crippen molar-refractivity contribution in [3.63, 3.8) is 0 Å². The Morgan fingerprint density at radius 3 is 1.84 bits per heavy atom. The summed E-state index contributed by atoms with van der Waals surface area (Å²) in [6.45, 7) is 14.4. The van der Waals surface area contributed by atoms with Gasteiger partial charge < -0.3 is 9.84 Å². The minimum absolute atomic E-state index is 0.0352. The number of hydroxylamine groups is 4. The van der Waals surface area contributed by atoms with E-state index in [1.54, 1.807) is 27.7 Å². The number of amides is 1. The molecule has 0 aromatic rings. The zero-order chi connectivity index (χ0) is 23.7. The van der Waals surface area contributed by atoms with Crippen LogP contribution in [0.3, 0.4) is 0 Å². The maximum atomic E-state index is 13.2. The highest BCUT2D eigenvalue weighted by Gasteiger charge is 2.56. The lowest BCUT2D eigenvalue weighted by atomic mass is 9.80. The van der Waals surface area contributed by atoms with Crippen LogP contribution < -0.4 is 0 Å². The van der Waals surface area contributed by atoms with E-state index >= 15 is 0 Å². The highest BCUT2D eigenvalue weighted by molar-refractivity contribution is 5.82. The Hall–Kier alpha value is -1.68. The molecule has 1 fully saturated rings. The van der Waals surface area contributed by atoms with E-state index in [1.165, 1.54) is 4.90 Å². The molecule has 1 N–H and O–H groups in total. The number of aliphatic carboxylic acids is 1. The Morgan fingerprint density at radius 1 is 0.871 bits per heavy atom. The predicted octanol–water partition coefficient (Wildman–Crippen LogP) is 3.16. The minimum Gasteiger partial charge on any atom is -0.480 e. The smallest absolute Gasteiger partial charge is 0.411 e. The molecule has 0 aromatic heterocycles. The van der Waals surface area contributed by atoms with Crippen LogP contribution in [0.25, 0.3) is 0 Å². The lowest BCUT2D eigenvalue weighted by molar-refractivity contribution is -0.298. The second kappa shape index (κ2) is 7.16. The number of hydrogen-bond acceptors (Lipinski definition) is 5. The van der Waals surface area contributed by atoms with Gasteiger partial charge in [-0.05, 0) is 66.5 Å². The van der Waals surface area contributed by atoms with Gasteiger partial charge >= 0.3 is 12.1 Å². The summed E-state index contributed by atoms with van der Waals surface area (Å²) in [5, 5.41) is 37.4. The van der Waals surface area contributed by atoms with E-state index in [1.807, 2.05) is 27.7 Å². The van der Waals surface area contributed by atoms with Crippen LogP contribution in [0.4, 0.5) is 4.79 Å². The maximum absolute atomic E-state index is 13.2. The van der Waals surface area contributed by atoms with Crippen LogP contribution in [0.5, 0.6) is 0 Å². The van der Waals surface area contributed by atoms with Gasteiger partial charge in [-0.2, -0.15) is 0 Å². The summed E-state index contributed by atoms with van der Waals surface area (Å²) in [4.78, 5) is 26.4. The Kier molecular flexibility index (Phi) is 5.54. The van der Waals surface area contributed by atoms with Gasteiger partial charge in [0.05, 0.1) is 11.1 Å². The van der Waals surface area contributed by atoms with Gasteiger partial charge in [0, 0.05) is 36.9 Å². The molecular weight excluding hydrogens is 402 g/mol. The molecule has 1 unspecified atom stereocenters. The van der Waals surface area contributed by atoms with Crippen molar-refractivity contribution in [1.29, 1.82) is 0 Å². The van der Waals surface area contributed by atoms with Crippen LogP contribution in [0, 0.1) is 0 Å². The quantitative estimate of drug-likeness (QED) is 0.664. The van der Waals surface area contributed by atoms with Crippen molar-refractivity contribution in [2.75, 3.05) is 6.54 Å². The molecule has 3 aliphatic rings. The van der Waals surface area contributed by atoms with Crippen LogP contribution in [0.2, 0.25) is 0 Å². The molecule has 1 saturated heterocycles. The fourth-order valence-electron chi connectivity index (χ4n) is 5.81. The number of piperidine rings is 1. The third kappa shape index (κ3) is 3.75. The number of carboxylic acids is 1. The standard InChI is InChI=1S/C22H35N3O6/c1-19(2)10-13(11-20(3,4)24(19)29)31-18(28)23-12-15-14(9-16(23)17(26)27)21(5,6)25(30)22(15,7)8/h13,16H,9-12H2,1-8H3,(H,26,27). The number of carbonyl (C=O) groups is 2. The summed E-state index contributed by atoms with van der Waals surface area (Å²) >= 11 is 0. The highest BCUT2D eigenvalue weighted by Crippen LogP contribution is 2.49. The number of nitrogens with zero attached hydrogens (tertiary/aromatic N) is 3. The van der Waals surface area contributed by atoms with Crippen molar-refractivity contribution in [2.24, 2.45) is 0 Å². The zero-order valence-electron chi connectivity index (χ0n) is 19.8. The van der Waals surface area contributed by atoms with Gasteiger partial charge in [-0.25, -0.2) is 9.59 Å². The molecule has 9 nitrogen and oxygen atoms in total. The summed E-state index contributed by atoms with van der Waals surface area (Å²) in [5.41, 5.74) is -1.55. The molecule has 1 atom stereocenters. The molecule has 9 heteroatoms. The Labute approximate surface area is 184 Å². The third-order valence-corrected chi connectivity index (χ3v) is 7.30. The first-order valence-corrected chi connectivity index (χ1v) is 10.8. The van der Waals surface area contributed by atoms with Crippen molar-refractivity contribution in [3.8, 4) is 0 Å². The predicted molar refractivity (Wildman–Crippen MR) is 111 cm³/mol. The molecule has 0 aliphatic carbocycles. The average Bonchev–Trinajstić information content (AvgIpc) is 2.75. The monoisotopic (exact) mass is 437 g/mol. The lowest BCUT2D eigenvalue weighted by Gasteiger charge is -2.49. The second-order valence-corrected chi connectivity index (χ2v) is 11.4. The summed E-state index contributed by atoms with van der Waals surface area (Å²) < 4.78 is 5.77.